The van der Waals surface area contributed by atoms with Crippen molar-refractivity contribution >= 4 is 17.3 Å². The van der Waals surface area contributed by atoms with Crippen LogP contribution in [0, 0.1) is 10.1 Å². The highest BCUT2D eigenvalue weighted by Crippen LogP contribution is 2.32. The van der Waals surface area contributed by atoms with E-state index in [1.54, 1.807) is 19.0 Å². The second kappa shape index (κ2) is 5.42. The molecule has 1 aromatic rings. The zero-order valence-electron chi connectivity index (χ0n) is 10.5. The van der Waals surface area contributed by atoms with Crippen LogP contribution in [0.15, 0.2) is 6.33 Å². The molecular weight excluding hydrogens is 222 g/mol. The maximum Gasteiger partial charge on any atom is 0.353 e. The van der Waals surface area contributed by atoms with Crippen LogP contribution in [0.4, 0.5) is 17.3 Å². The van der Waals surface area contributed by atoms with Crippen LogP contribution in [0.2, 0.25) is 0 Å². The van der Waals surface area contributed by atoms with Crippen molar-refractivity contribution in [2.75, 3.05) is 37.0 Å². The van der Waals surface area contributed by atoms with Gasteiger partial charge < -0.3 is 9.80 Å². The van der Waals surface area contributed by atoms with Gasteiger partial charge >= 0.3 is 5.69 Å². The molecule has 0 unspecified atom stereocenters. The lowest BCUT2D eigenvalue weighted by Crippen LogP contribution is -2.25. The molecule has 0 saturated carbocycles. The Morgan fingerprint density at radius 1 is 1.24 bits per heavy atom. The van der Waals surface area contributed by atoms with Gasteiger partial charge in [0, 0.05) is 27.2 Å². The Balaban J connectivity index is 3.39. The van der Waals surface area contributed by atoms with Crippen molar-refractivity contribution in [2.24, 2.45) is 0 Å². The van der Waals surface area contributed by atoms with Crippen LogP contribution < -0.4 is 9.80 Å². The number of hydrogen-bond donors (Lipinski definition) is 0. The van der Waals surface area contributed by atoms with E-state index < -0.39 is 4.92 Å². The number of nitrogens with zero attached hydrogens (tertiary/aromatic N) is 5. The lowest BCUT2D eigenvalue weighted by Gasteiger charge is -2.21. The molecule has 0 amide bonds. The molecule has 1 aromatic heterocycles. The molecule has 0 N–H and O–H groups in total. The smallest absolute Gasteiger partial charge is 0.353 e. The first-order valence-electron chi connectivity index (χ1n) is 5.44. The summed E-state index contributed by atoms with van der Waals surface area (Å²) in [4.78, 5) is 22.2. The second-order valence-corrected chi connectivity index (χ2v) is 3.69. The average molecular weight is 239 g/mol. The molecule has 17 heavy (non-hydrogen) atoms. The SMILES string of the molecule is CCN(CC)c1ncnc(N(C)C)c1[N+](=O)[O-]. The van der Waals surface area contributed by atoms with Gasteiger partial charge in [-0.3, -0.25) is 10.1 Å². The van der Waals surface area contributed by atoms with Gasteiger partial charge in [-0.25, -0.2) is 9.97 Å². The fourth-order valence-electron chi connectivity index (χ4n) is 1.61. The molecule has 0 fully saturated rings. The van der Waals surface area contributed by atoms with Crippen molar-refractivity contribution in [3.63, 3.8) is 0 Å². The van der Waals surface area contributed by atoms with E-state index in [2.05, 4.69) is 9.97 Å². The van der Waals surface area contributed by atoms with Gasteiger partial charge in [0.2, 0.25) is 11.6 Å². The van der Waals surface area contributed by atoms with E-state index >= 15 is 0 Å². The molecule has 0 bridgehead atoms. The third-order valence-electron chi connectivity index (χ3n) is 2.45. The molecule has 0 radical (unpaired) electrons. The summed E-state index contributed by atoms with van der Waals surface area (Å²) >= 11 is 0. The van der Waals surface area contributed by atoms with Crippen LogP contribution in [-0.2, 0) is 0 Å². The summed E-state index contributed by atoms with van der Waals surface area (Å²) in [6.07, 6.45) is 1.36. The van der Waals surface area contributed by atoms with E-state index in [1.165, 1.54) is 6.33 Å². The van der Waals surface area contributed by atoms with Gasteiger partial charge in [0.05, 0.1) is 4.92 Å². The summed E-state index contributed by atoms with van der Waals surface area (Å²) in [5.41, 5.74) is -0.0406. The summed E-state index contributed by atoms with van der Waals surface area (Å²) in [5.74, 6) is 0.700. The Morgan fingerprint density at radius 2 is 1.76 bits per heavy atom. The van der Waals surface area contributed by atoms with Gasteiger partial charge in [0.25, 0.3) is 0 Å². The number of hydrogen-bond acceptors (Lipinski definition) is 6. The minimum atomic E-state index is -0.428. The fourth-order valence-corrected chi connectivity index (χ4v) is 1.61. The lowest BCUT2D eigenvalue weighted by molar-refractivity contribution is -0.383. The number of nitro groups is 1. The number of anilines is 2. The average Bonchev–Trinajstić information content (AvgIpc) is 2.30. The van der Waals surface area contributed by atoms with Crippen molar-refractivity contribution < 1.29 is 4.92 Å². The zero-order valence-corrected chi connectivity index (χ0v) is 10.5. The molecule has 0 aromatic carbocycles. The molecule has 0 aliphatic rings. The van der Waals surface area contributed by atoms with E-state index in [0.29, 0.717) is 24.7 Å². The Labute approximate surface area is 100 Å². The van der Waals surface area contributed by atoms with Crippen molar-refractivity contribution in [3.8, 4) is 0 Å². The highest BCUT2D eigenvalue weighted by molar-refractivity contribution is 5.70. The molecule has 0 saturated heterocycles. The Bertz CT molecular complexity index is 404. The Morgan fingerprint density at radius 3 is 2.18 bits per heavy atom. The van der Waals surface area contributed by atoms with Crippen molar-refractivity contribution in [1.29, 1.82) is 0 Å². The molecule has 0 aliphatic heterocycles. The summed E-state index contributed by atoms with van der Waals surface area (Å²) in [7, 11) is 3.45. The number of aromatic nitrogens is 2. The van der Waals surface area contributed by atoms with Crippen molar-refractivity contribution in [3.05, 3.63) is 16.4 Å². The van der Waals surface area contributed by atoms with Gasteiger partial charge in [-0.15, -0.1) is 0 Å². The zero-order chi connectivity index (χ0) is 13.0. The van der Waals surface area contributed by atoms with Crippen LogP contribution in [0.1, 0.15) is 13.8 Å². The second-order valence-electron chi connectivity index (χ2n) is 3.69. The third kappa shape index (κ3) is 2.61. The molecule has 0 spiro atoms. The Hall–Kier alpha value is -1.92. The number of rotatable bonds is 5. The quantitative estimate of drug-likeness (QED) is 0.569. The predicted octanol–water partition coefficient (Wildman–Crippen LogP) is 1.30. The first kappa shape index (κ1) is 13.1. The monoisotopic (exact) mass is 239 g/mol. The van der Waals surface area contributed by atoms with Crippen molar-refractivity contribution in [2.45, 2.75) is 13.8 Å². The molecule has 0 atom stereocenters. The van der Waals surface area contributed by atoms with E-state index in [-0.39, 0.29) is 5.69 Å². The standard InChI is InChI=1S/C10H17N5O2/c1-5-14(6-2)10-8(15(16)17)9(13(3)4)11-7-12-10/h7H,5-6H2,1-4H3. The summed E-state index contributed by atoms with van der Waals surface area (Å²) < 4.78 is 0. The van der Waals surface area contributed by atoms with Gasteiger partial charge in [-0.1, -0.05) is 0 Å². The highest BCUT2D eigenvalue weighted by Gasteiger charge is 2.26. The molecule has 1 rings (SSSR count). The third-order valence-corrected chi connectivity index (χ3v) is 2.45. The van der Waals surface area contributed by atoms with Gasteiger partial charge in [0.15, 0.2) is 0 Å². The molecular formula is C10H17N5O2. The van der Waals surface area contributed by atoms with E-state index in [9.17, 15) is 10.1 Å². The van der Waals surface area contributed by atoms with Crippen LogP contribution in [0.5, 0.6) is 0 Å². The van der Waals surface area contributed by atoms with Crippen LogP contribution in [0.25, 0.3) is 0 Å². The fraction of sp³-hybridized carbons (Fsp3) is 0.600. The lowest BCUT2D eigenvalue weighted by atomic mass is 10.3. The van der Waals surface area contributed by atoms with Crippen LogP contribution in [-0.4, -0.2) is 42.1 Å². The molecule has 7 heteroatoms. The molecule has 0 aliphatic carbocycles. The van der Waals surface area contributed by atoms with Crippen LogP contribution >= 0.6 is 0 Å². The first-order valence-corrected chi connectivity index (χ1v) is 5.44. The van der Waals surface area contributed by atoms with E-state index in [0.717, 1.165) is 0 Å². The van der Waals surface area contributed by atoms with Crippen molar-refractivity contribution in [1.82, 2.24) is 9.97 Å². The normalized spacial score (nSPS) is 10.1. The predicted molar refractivity (Wildman–Crippen MR) is 66.6 cm³/mol. The summed E-state index contributed by atoms with van der Waals surface area (Å²) in [6.45, 7) is 5.21. The highest BCUT2D eigenvalue weighted by atomic mass is 16.6. The minimum absolute atomic E-state index is 0.0406. The summed E-state index contributed by atoms with van der Waals surface area (Å²) in [6, 6.07) is 0. The van der Waals surface area contributed by atoms with E-state index in [4.69, 9.17) is 0 Å². The topological polar surface area (TPSA) is 75.4 Å². The maximum atomic E-state index is 11.2. The molecule has 1 heterocycles. The largest absolute Gasteiger partial charge is 0.357 e. The Kier molecular flexibility index (Phi) is 4.19. The van der Waals surface area contributed by atoms with Gasteiger partial charge in [-0.2, -0.15) is 0 Å². The molecule has 94 valence electrons. The maximum absolute atomic E-state index is 11.2. The van der Waals surface area contributed by atoms with Gasteiger partial charge in [0.1, 0.15) is 6.33 Å². The first-order chi connectivity index (χ1) is 8.02. The van der Waals surface area contributed by atoms with E-state index in [1.807, 2.05) is 18.7 Å². The summed E-state index contributed by atoms with van der Waals surface area (Å²) in [5, 5.41) is 11.2. The van der Waals surface area contributed by atoms with Gasteiger partial charge in [-0.05, 0) is 13.8 Å². The van der Waals surface area contributed by atoms with Crippen LogP contribution in [0.3, 0.4) is 0 Å². The minimum Gasteiger partial charge on any atom is -0.357 e. The molecule has 7 nitrogen and oxygen atoms in total.